The van der Waals surface area contributed by atoms with Crippen molar-refractivity contribution in [3.8, 4) is 0 Å². The molecular weight excluding hydrogens is 290 g/mol. The summed E-state index contributed by atoms with van der Waals surface area (Å²) in [6.07, 6.45) is 3.44. The number of ether oxygens (including phenoxy) is 2. The molecule has 1 saturated heterocycles. The van der Waals surface area contributed by atoms with Gasteiger partial charge in [-0.25, -0.2) is 4.79 Å². The van der Waals surface area contributed by atoms with Crippen LogP contribution in [-0.2, 0) is 14.3 Å². The van der Waals surface area contributed by atoms with Crippen LogP contribution in [0.1, 0.15) is 54.4 Å². The van der Waals surface area contributed by atoms with Crippen LogP contribution in [-0.4, -0.2) is 31.2 Å². The third-order valence-electron chi connectivity index (χ3n) is 3.78. The van der Waals surface area contributed by atoms with Gasteiger partial charge < -0.3 is 14.8 Å². The first-order valence-electron chi connectivity index (χ1n) is 7.41. The van der Waals surface area contributed by atoms with E-state index < -0.39 is 6.10 Å². The molecule has 114 valence electrons. The Morgan fingerprint density at radius 3 is 2.86 bits per heavy atom. The lowest BCUT2D eigenvalue weighted by Gasteiger charge is -2.11. The van der Waals surface area contributed by atoms with Crippen molar-refractivity contribution >= 4 is 28.2 Å². The van der Waals surface area contributed by atoms with Crippen molar-refractivity contribution in [1.29, 1.82) is 0 Å². The molecule has 1 aromatic rings. The van der Waals surface area contributed by atoms with E-state index in [0.29, 0.717) is 29.7 Å². The van der Waals surface area contributed by atoms with E-state index in [1.54, 1.807) is 6.92 Å². The summed E-state index contributed by atoms with van der Waals surface area (Å²) >= 11 is 1.40. The number of carbonyl (C=O) groups excluding carboxylic acids is 2. The molecule has 0 bridgehead atoms. The van der Waals surface area contributed by atoms with Crippen LogP contribution in [0.3, 0.4) is 0 Å². The second-order valence-electron chi connectivity index (χ2n) is 5.38. The molecule has 2 fully saturated rings. The van der Waals surface area contributed by atoms with Crippen LogP contribution in [0.4, 0.5) is 5.00 Å². The predicted octanol–water partition coefficient (Wildman–Crippen LogP) is 2.92. The zero-order valence-corrected chi connectivity index (χ0v) is 12.8. The van der Waals surface area contributed by atoms with E-state index >= 15 is 0 Å². The number of hydrogen-bond acceptors (Lipinski definition) is 5. The molecule has 2 aliphatic rings. The van der Waals surface area contributed by atoms with E-state index in [2.05, 4.69) is 5.32 Å². The van der Waals surface area contributed by atoms with E-state index in [-0.39, 0.29) is 11.9 Å². The highest BCUT2D eigenvalue weighted by Gasteiger charge is 2.33. The Morgan fingerprint density at radius 2 is 2.24 bits per heavy atom. The number of nitrogens with one attached hydrogen (secondary N) is 1. The standard InChI is InChI=1S/C15H19NO4S/c1-2-19-15(18)12-10(9-5-6-9)8-21-14(12)16-13(17)11-4-3-7-20-11/h8-9,11H,2-7H2,1H3,(H,16,17). The minimum atomic E-state index is -0.397. The molecule has 5 nitrogen and oxygen atoms in total. The first kappa shape index (κ1) is 14.5. The minimum Gasteiger partial charge on any atom is -0.462 e. The Bertz CT molecular complexity index is 544. The maximum Gasteiger partial charge on any atom is 0.341 e. The van der Waals surface area contributed by atoms with Gasteiger partial charge in [0.25, 0.3) is 5.91 Å². The fourth-order valence-corrected chi connectivity index (χ4v) is 3.58. The SMILES string of the molecule is CCOC(=O)c1c(C2CC2)csc1NC(=O)C1CCCO1. The number of esters is 1. The Hall–Kier alpha value is -1.40. The maximum absolute atomic E-state index is 12.2. The van der Waals surface area contributed by atoms with E-state index in [1.807, 2.05) is 5.38 Å². The van der Waals surface area contributed by atoms with Crippen LogP contribution < -0.4 is 5.32 Å². The van der Waals surface area contributed by atoms with Gasteiger partial charge in [-0.3, -0.25) is 4.79 Å². The number of amides is 1. The first-order chi connectivity index (χ1) is 10.2. The van der Waals surface area contributed by atoms with Gasteiger partial charge in [0.1, 0.15) is 11.1 Å². The Kier molecular flexibility index (Phi) is 4.26. The molecule has 0 aromatic carbocycles. The van der Waals surface area contributed by atoms with Gasteiger partial charge in [-0.1, -0.05) is 0 Å². The second kappa shape index (κ2) is 6.15. The number of carbonyl (C=O) groups is 2. The van der Waals surface area contributed by atoms with Gasteiger partial charge in [-0.15, -0.1) is 11.3 Å². The van der Waals surface area contributed by atoms with E-state index in [4.69, 9.17) is 9.47 Å². The summed E-state index contributed by atoms with van der Waals surface area (Å²) in [5, 5.41) is 5.41. The van der Waals surface area contributed by atoms with E-state index in [0.717, 1.165) is 31.2 Å². The summed E-state index contributed by atoms with van der Waals surface area (Å²) in [6, 6.07) is 0. The van der Waals surface area contributed by atoms with Crippen LogP contribution in [0, 0.1) is 0 Å². The van der Waals surface area contributed by atoms with E-state index in [9.17, 15) is 9.59 Å². The molecule has 1 aromatic heterocycles. The topological polar surface area (TPSA) is 64.6 Å². The smallest absolute Gasteiger partial charge is 0.341 e. The van der Waals surface area contributed by atoms with Crippen LogP contribution in [0.2, 0.25) is 0 Å². The van der Waals surface area contributed by atoms with Crippen molar-refractivity contribution in [2.24, 2.45) is 0 Å². The Balaban J connectivity index is 1.80. The fraction of sp³-hybridized carbons (Fsp3) is 0.600. The second-order valence-corrected chi connectivity index (χ2v) is 6.26. The maximum atomic E-state index is 12.2. The third kappa shape index (κ3) is 3.11. The molecule has 1 unspecified atom stereocenters. The van der Waals surface area contributed by atoms with Gasteiger partial charge in [0.05, 0.1) is 12.2 Å². The number of anilines is 1. The van der Waals surface area contributed by atoms with Crippen LogP contribution in [0.25, 0.3) is 0 Å². The average Bonchev–Trinajstić information content (AvgIpc) is 3.01. The van der Waals surface area contributed by atoms with Crippen LogP contribution in [0.15, 0.2) is 5.38 Å². The molecule has 1 amide bonds. The number of thiophene rings is 1. The van der Waals surface area contributed by atoms with E-state index in [1.165, 1.54) is 11.3 Å². The molecule has 1 atom stereocenters. The van der Waals surface area contributed by atoms with Crippen molar-refractivity contribution in [2.75, 3.05) is 18.5 Å². The van der Waals surface area contributed by atoms with Gasteiger partial charge in [0.2, 0.25) is 0 Å². The van der Waals surface area contributed by atoms with Gasteiger partial charge in [0.15, 0.2) is 0 Å². The van der Waals surface area contributed by atoms with Crippen LogP contribution in [0.5, 0.6) is 0 Å². The monoisotopic (exact) mass is 309 g/mol. The average molecular weight is 309 g/mol. The number of hydrogen-bond donors (Lipinski definition) is 1. The molecule has 1 aliphatic carbocycles. The molecule has 1 saturated carbocycles. The van der Waals surface area contributed by atoms with Crippen LogP contribution >= 0.6 is 11.3 Å². The summed E-state index contributed by atoms with van der Waals surface area (Å²) < 4.78 is 10.5. The zero-order chi connectivity index (χ0) is 14.8. The molecule has 2 heterocycles. The van der Waals surface area contributed by atoms with Gasteiger partial charge in [-0.05, 0) is 49.5 Å². The fourth-order valence-electron chi connectivity index (χ4n) is 2.55. The molecule has 0 spiro atoms. The van der Waals surface area contributed by atoms with Gasteiger partial charge in [0, 0.05) is 6.61 Å². The highest BCUT2D eigenvalue weighted by Crippen LogP contribution is 2.46. The molecule has 1 N–H and O–H groups in total. The molecule has 3 rings (SSSR count). The quantitative estimate of drug-likeness (QED) is 0.849. The van der Waals surface area contributed by atoms with Gasteiger partial charge >= 0.3 is 5.97 Å². The Labute approximate surface area is 127 Å². The lowest BCUT2D eigenvalue weighted by Crippen LogP contribution is -2.27. The molecule has 6 heteroatoms. The lowest BCUT2D eigenvalue weighted by atomic mass is 10.1. The van der Waals surface area contributed by atoms with Crippen molar-refractivity contribution in [1.82, 2.24) is 0 Å². The molecule has 21 heavy (non-hydrogen) atoms. The normalized spacial score (nSPS) is 21.3. The third-order valence-corrected chi connectivity index (χ3v) is 4.69. The summed E-state index contributed by atoms with van der Waals surface area (Å²) in [7, 11) is 0. The predicted molar refractivity (Wildman–Crippen MR) is 79.9 cm³/mol. The van der Waals surface area contributed by atoms with Crippen molar-refractivity contribution < 1.29 is 19.1 Å². The van der Waals surface area contributed by atoms with Crippen molar-refractivity contribution in [2.45, 2.75) is 44.6 Å². The van der Waals surface area contributed by atoms with Gasteiger partial charge in [-0.2, -0.15) is 0 Å². The summed E-state index contributed by atoms with van der Waals surface area (Å²) in [5.74, 6) is -0.0698. The molecule has 0 radical (unpaired) electrons. The highest BCUT2D eigenvalue weighted by molar-refractivity contribution is 7.15. The highest BCUT2D eigenvalue weighted by atomic mass is 32.1. The summed E-state index contributed by atoms with van der Waals surface area (Å²) in [4.78, 5) is 24.3. The van der Waals surface area contributed by atoms with Crippen molar-refractivity contribution in [3.05, 3.63) is 16.5 Å². The molecule has 1 aliphatic heterocycles. The zero-order valence-electron chi connectivity index (χ0n) is 12.0. The number of rotatable bonds is 5. The minimum absolute atomic E-state index is 0.165. The molecular formula is C15H19NO4S. The first-order valence-corrected chi connectivity index (χ1v) is 8.29. The Morgan fingerprint density at radius 1 is 1.43 bits per heavy atom. The van der Waals surface area contributed by atoms with Crippen molar-refractivity contribution in [3.63, 3.8) is 0 Å². The largest absolute Gasteiger partial charge is 0.462 e. The summed E-state index contributed by atoms with van der Waals surface area (Å²) in [6.45, 7) is 2.74. The summed E-state index contributed by atoms with van der Waals surface area (Å²) in [5.41, 5.74) is 1.55. The lowest BCUT2D eigenvalue weighted by molar-refractivity contribution is -0.124.